The van der Waals surface area contributed by atoms with Crippen LogP contribution in [0.25, 0.3) is 0 Å². The van der Waals surface area contributed by atoms with Crippen LogP contribution < -0.4 is 5.32 Å². The quantitative estimate of drug-likeness (QED) is 0.668. The molecule has 4 heteroatoms. The Hall–Kier alpha value is -1.45. The predicted molar refractivity (Wildman–Crippen MR) is 42.2 cm³/mol. The summed E-state index contributed by atoms with van der Waals surface area (Å²) in [6.45, 7) is 2.37. The number of pyridine rings is 1. The van der Waals surface area contributed by atoms with Gasteiger partial charge < -0.3 is 5.32 Å². The molecule has 3 nitrogen and oxygen atoms in total. The zero-order chi connectivity index (χ0) is 8.97. The second kappa shape index (κ2) is 3.80. The summed E-state index contributed by atoms with van der Waals surface area (Å²) in [7, 11) is 0. The minimum Gasteiger partial charge on any atom is -0.352 e. The minimum atomic E-state index is -0.581. The Kier molecular flexibility index (Phi) is 2.74. The second-order valence-electron chi connectivity index (χ2n) is 2.23. The molecule has 1 aromatic rings. The number of carbonyl (C=O) groups excluding carboxylic acids is 1. The SMILES string of the molecule is CCNC(=O)c1ccc(F)nc1. The Morgan fingerprint density at radius 2 is 2.42 bits per heavy atom. The van der Waals surface area contributed by atoms with Crippen molar-refractivity contribution in [3.63, 3.8) is 0 Å². The first-order valence-electron chi connectivity index (χ1n) is 3.63. The highest BCUT2D eigenvalue weighted by Crippen LogP contribution is 1.97. The molecule has 0 spiro atoms. The van der Waals surface area contributed by atoms with Crippen LogP contribution in [0.1, 0.15) is 17.3 Å². The summed E-state index contributed by atoms with van der Waals surface area (Å²) < 4.78 is 12.3. The zero-order valence-corrected chi connectivity index (χ0v) is 6.67. The highest BCUT2D eigenvalue weighted by atomic mass is 19.1. The van der Waals surface area contributed by atoms with E-state index in [0.29, 0.717) is 12.1 Å². The van der Waals surface area contributed by atoms with Gasteiger partial charge in [-0.1, -0.05) is 0 Å². The third-order valence-corrected chi connectivity index (χ3v) is 1.33. The lowest BCUT2D eigenvalue weighted by atomic mass is 10.3. The van der Waals surface area contributed by atoms with Crippen LogP contribution in [0.5, 0.6) is 0 Å². The van der Waals surface area contributed by atoms with Gasteiger partial charge in [-0.2, -0.15) is 4.39 Å². The Morgan fingerprint density at radius 3 is 2.92 bits per heavy atom. The molecule has 0 bridgehead atoms. The average Bonchev–Trinajstić information content (AvgIpc) is 2.06. The molecule has 0 unspecified atom stereocenters. The standard InChI is InChI=1S/C8H9FN2O/c1-2-10-8(12)6-3-4-7(9)11-5-6/h3-5H,2H2,1H3,(H,10,12). The zero-order valence-electron chi connectivity index (χ0n) is 6.67. The predicted octanol–water partition coefficient (Wildman–Crippen LogP) is 0.970. The first-order chi connectivity index (χ1) is 5.74. The van der Waals surface area contributed by atoms with Gasteiger partial charge in [-0.05, 0) is 19.1 Å². The summed E-state index contributed by atoms with van der Waals surface area (Å²) in [6, 6.07) is 2.55. The van der Waals surface area contributed by atoms with Crippen molar-refractivity contribution in [1.82, 2.24) is 10.3 Å². The van der Waals surface area contributed by atoms with Gasteiger partial charge in [-0.25, -0.2) is 4.98 Å². The van der Waals surface area contributed by atoms with E-state index in [0.717, 1.165) is 6.07 Å². The first-order valence-corrected chi connectivity index (χ1v) is 3.63. The van der Waals surface area contributed by atoms with Crippen molar-refractivity contribution in [1.29, 1.82) is 0 Å². The summed E-state index contributed by atoms with van der Waals surface area (Å²) in [4.78, 5) is 14.4. The monoisotopic (exact) mass is 168 g/mol. The van der Waals surface area contributed by atoms with Gasteiger partial charge in [-0.3, -0.25) is 4.79 Å². The highest BCUT2D eigenvalue weighted by Gasteiger charge is 2.03. The number of hydrogen-bond acceptors (Lipinski definition) is 2. The molecule has 1 rings (SSSR count). The van der Waals surface area contributed by atoms with Crippen LogP contribution in [-0.4, -0.2) is 17.4 Å². The van der Waals surface area contributed by atoms with E-state index >= 15 is 0 Å². The topological polar surface area (TPSA) is 42.0 Å². The molecule has 0 aliphatic rings. The Morgan fingerprint density at radius 1 is 1.67 bits per heavy atom. The van der Waals surface area contributed by atoms with Gasteiger partial charge in [-0.15, -0.1) is 0 Å². The van der Waals surface area contributed by atoms with Crippen molar-refractivity contribution in [3.05, 3.63) is 29.8 Å². The van der Waals surface area contributed by atoms with E-state index in [4.69, 9.17) is 0 Å². The summed E-state index contributed by atoms with van der Waals surface area (Å²) in [6.07, 6.45) is 1.21. The molecule has 12 heavy (non-hydrogen) atoms. The Labute approximate surface area is 69.6 Å². The fourth-order valence-electron chi connectivity index (χ4n) is 0.773. The third-order valence-electron chi connectivity index (χ3n) is 1.33. The molecule has 0 saturated carbocycles. The maximum atomic E-state index is 12.3. The molecule has 0 aromatic carbocycles. The third kappa shape index (κ3) is 2.02. The molecule has 0 atom stereocenters. The number of halogens is 1. The maximum absolute atomic E-state index is 12.3. The Bertz CT molecular complexity index is 271. The van der Waals surface area contributed by atoms with E-state index in [-0.39, 0.29) is 5.91 Å². The number of hydrogen-bond donors (Lipinski definition) is 1. The maximum Gasteiger partial charge on any atom is 0.252 e. The molecular formula is C8H9FN2O. The number of nitrogens with zero attached hydrogens (tertiary/aromatic N) is 1. The molecule has 0 aliphatic carbocycles. The van der Waals surface area contributed by atoms with E-state index in [1.165, 1.54) is 12.3 Å². The van der Waals surface area contributed by atoms with Crippen molar-refractivity contribution >= 4 is 5.91 Å². The first kappa shape index (κ1) is 8.64. The number of amides is 1. The van der Waals surface area contributed by atoms with Gasteiger partial charge in [0.05, 0.1) is 5.56 Å². The van der Waals surface area contributed by atoms with Gasteiger partial charge in [0.25, 0.3) is 5.91 Å². The molecule has 0 radical (unpaired) electrons. The van der Waals surface area contributed by atoms with Gasteiger partial charge in [0.1, 0.15) is 0 Å². The fourth-order valence-corrected chi connectivity index (χ4v) is 0.773. The summed E-state index contributed by atoms with van der Waals surface area (Å²) in [5, 5.41) is 2.58. The molecule has 1 aromatic heterocycles. The molecule has 1 heterocycles. The van der Waals surface area contributed by atoms with Gasteiger partial charge in [0, 0.05) is 12.7 Å². The van der Waals surface area contributed by atoms with Crippen molar-refractivity contribution in [3.8, 4) is 0 Å². The Balaban J connectivity index is 2.75. The van der Waals surface area contributed by atoms with Gasteiger partial charge >= 0.3 is 0 Å². The van der Waals surface area contributed by atoms with Crippen LogP contribution in [0.4, 0.5) is 4.39 Å². The second-order valence-corrected chi connectivity index (χ2v) is 2.23. The van der Waals surface area contributed by atoms with Crippen LogP contribution in [-0.2, 0) is 0 Å². The average molecular weight is 168 g/mol. The van der Waals surface area contributed by atoms with E-state index < -0.39 is 5.95 Å². The normalized spacial score (nSPS) is 9.50. The number of nitrogens with one attached hydrogen (secondary N) is 1. The highest BCUT2D eigenvalue weighted by molar-refractivity contribution is 5.93. The van der Waals surface area contributed by atoms with Crippen molar-refractivity contribution in [2.75, 3.05) is 6.54 Å². The molecular weight excluding hydrogens is 159 g/mol. The van der Waals surface area contributed by atoms with Gasteiger partial charge in [0.15, 0.2) is 0 Å². The number of carbonyl (C=O) groups is 1. The van der Waals surface area contributed by atoms with E-state index in [1.807, 2.05) is 6.92 Å². The molecule has 1 amide bonds. The lowest BCUT2D eigenvalue weighted by Gasteiger charge is -1.99. The van der Waals surface area contributed by atoms with Crippen LogP contribution in [0.2, 0.25) is 0 Å². The summed E-state index contributed by atoms with van der Waals surface area (Å²) in [5.41, 5.74) is 0.373. The van der Waals surface area contributed by atoms with Crippen LogP contribution >= 0.6 is 0 Å². The largest absolute Gasteiger partial charge is 0.352 e. The fraction of sp³-hybridized carbons (Fsp3) is 0.250. The smallest absolute Gasteiger partial charge is 0.252 e. The van der Waals surface area contributed by atoms with Crippen molar-refractivity contribution in [2.45, 2.75) is 6.92 Å². The molecule has 0 aliphatic heterocycles. The summed E-state index contributed by atoms with van der Waals surface area (Å²) >= 11 is 0. The van der Waals surface area contributed by atoms with Gasteiger partial charge in [0.2, 0.25) is 5.95 Å². The number of aromatic nitrogens is 1. The number of rotatable bonds is 2. The van der Waals surface area contributed by atoms with E-state index in [9.17, 15) is 9.18 Å². The van der Waals surface area contributed by atoms with Crippen LogP contribution in [0.3, 0.4) is 0 Å². The molecule has 0 saturated heterocycles. The molecule has 0 fully saturated rings. The van der Waals surface area contributed by atoms with Crippen molar-refractivity contribution < 1.29 is 9.18 Å². The molecule has 64 valence electrons. The van der Waals surface area contributed by atoms with Crippen molar-refractivity contribution in [2.24, 2.45) is 0 Å². The van der Waals surface area contributed by atoms with Crippen LogP contribution in [0.15, 0.2) is 18.3 Å². The van der Waals surface area contributed by atoms with Crippen LogP contribution in [0, 0.1) is 5.95 Å². The summed E-state index contributed by atoms with van der Waals surface area (Å²) in [5.74, 6) is -0.812. The minimum absolute atomic E-state index is 0.231. The van der Waals surface area contributed by atoms with E-state index in [2.05, 4.69) is 10.3 Å². The molecule has 1 N–H and O–H groups in total. The van der Waals surface area contributed by atoms with E-state index in [1.54, 1.807) is 0 Å². The lowest BCUT2D eigenvalue weighted by molar-refractivity contribution is 0.0955. The lowest BCUT2D eigenvalue weighted by Crippen LogP contribution is -2.22.